The number of rotatable bonds is 11. The largest absolute Gasteiger partial charge is 0.367 e. The van der Waals surface area contributed by atoms with E-state index in [9.17, 15) is 21.6 Å². The molecule has 6 rings (SSSR count). The van der Waals surface area contributed by atoms with Crippen LogP contribution in [0.2, 0.25) is 0 Å². The first-order valence-electron chi connectivity index (χ1n) is 15.8. The highest BCUT2D eigenvalue weighted by Crippen LogP contribution is 2.40. The number of anilines is 3. The highest BCUT2D eigenvalue weighted by atomic mass is 32.2. The first-order valence-corrected chi connectivity index (χ1v) is 18.3. The van der Waals surface area contributed by atoms with Crippen LogP contribution in [0.3, 0.4) is 0 Å². The molecule has 0 amide bonds. The van der Waals surface area contributed by atoms with Gasteiger partial charge in [0.1, 0.15) is 34.8 Å². The molecule has 1 aliphatic heterocycles. The van der Waals surface area contributed by atoms with Gasteiger partial charge < -0.3 is 10.2 Å². The third-order valence-electron chi connectivity index (χ3n) is 8.25. The van der Waals surface area contributed by atoms with Crippen LogP contribution < -0.4 is 10.2 Å². The second-order valence-electron chi connectivity index (χ2n) is 12.0. The van der Waals surface area contributed by atoms with Crippen molar-refractivity contribution in [1.82, 2.24) is 19.9 Å². The van der Waals surface area contributed by atoms with Gasteiger partial charge >= 0.3 is 0 Å². The number of aromatic nitrogens is 3. The van der Waals surface area contributed by atoms with Gasteiger partial charge in [0, 0.05) is 61.7 Å². The zero-order valence-electron chi connectivity index (χ0n) is 27.1. The molecular formula is C35H33F5N6O2S2. The summed E-state index contributed by atoms with van der Waals surface area (Å²) in [6.07, 6.45) is 1.49. The fourth-order valence-electron chi connectivity index (χ4n) is 5.72. The van der Waals surface area contributed by atoms with Crippen LogP contribution in [0.25, 0.3) is 21.8 Å². The maximum absolute atomic E-state index is 16.1. The van der Waals surface area contributed by atoms with E-state index >= 15 is 8.78 Å². The van der Waals surface area contributed by atoms with E-state index < -0.39 is 50.4 Å². The number of halogens is 5. The van der Waals surface area contributed by atoms with E-state index in [4.69, 9.17) is 0 Å². The van der Waals surface area contributed by atoms with E-state index in [-0.39, 0.29) is 28.7 Å². The SMILES string of the molecule is CC(C)c1nc(-c2cccc(CS(=O)(=O)c3c(F)cccc3F)c2F)c(-c2ccnc(Nc3ccc(N4CCN(CCF)CC4)c(F)c3)n2)s1. The number of nitrogens with zero attached hydrogens (tertiary/aromatic N) is 5. The second-order valence-corrected chi connectivity index (χ2v) is 15.0. The first-order chi connectivity index (χ1) is 23.9. The summed E-state index contributed by atoms with van der Waals surface area (Å²) in [5.74, 6) is -4.74. The van der Waals surface area contributed by atoms with Crippen molar-refractivity contribution in [2.24, 2.45) is 0 Å². The molecule has 2 aromatic heterocycles. The molecule has 1 N–H and O–H groups in total. The van der Waals surface area contributed by atoms with Gasteiger partial charge in [-0.1, -0.05) is 32.0 Å². The lowest BCUT2D eigenvalue weighted by atomic mass is 10.1. The predicted octanol–water partition coefficient (Wildman–Crippen LogP) is 7.76. The molecule has 0 saturated carbocycles. The minimum atomic E-state index is -4.60. The van der Waals surface area contributed by atoms with Crippen LogP contribution >= 0.6 is 11.3 Å². The summed E-state index contributed by atoms with van der Waals surface area (Å²) in [5.41, 5.74) is 1.14. The molecule has 8 nitrogen and oxygen atoms in total. The summed E-state index contributed by atoms with van der Waals surface area (Å²) < 4.78 is 98.9. The Kier molecular flexibility index (Phi) is 10.5. The Bertz CT molecular complexity index is 2100. The van der Waals surface area contributed by atoms with E-state index in [1.54, 1.807) is 18.2 Å². The summed E-state index contributed by atoms with van der Waals surface area (Å²) >= 11 is 1.28. The van der Waals surface area contributed by atoms with E-state index in [1.165, 1.54) is 41.8 Å². The topological polar surface area (TPSA) is 91.3 Å². The molecule has 15 heteroatoms. The van der Waals surface area contributed by atoms with Gasteiger partial charge in [0.15, 0.2) is 9.84 Å². The number of benzene rings is 3. The Morgan fingerprint density at radius 2 is 1.62 bits per heavy atom. The maximum Gasteiger partial charge on any atom is 0.227 e. The van der Waals surface area contributed by atoms with Crippen LogP contribution in [0.4, 0.5) is 39.3 Å². The lowest BCUT2D eigenvalue weighted by Crippen LogP contribution is -2.47. The number of hydrogen-bond acceptors (Lipinski definition) is 9. The minimum absolute atomic E-state index is 0.0128. The van der Waals surface area contributed by atoms with Crippen LogP contribution in [0, 0.1) is 23.3 Å². The zero-order valence-corrected chi connectivity index (χ0v) is 28.8. The molecule has 0 atom stereocenters. The Balaban J connectivity index is 1.28. The number of thiazole rings is 1. The average molecular weight is 729 g/mol. The van der Waals surface area contributed by atoms with E-state index in [0.717, 1.165) is 18.2 Å². The molecule has 5 aromatic rings. The Labute approximate surface area is 290 Å². The Morgan fingerprint density at radius 3 is 2.30 bits per heavy atom. The van der Waals surface area contributed by atoms with Crippen molar-refractivity contribution in [1.29, 1.82) is 0 Å². The molecule has 0 unspecified atom stereocenters. The van der Waals surface area contributed by atoms with Crippen molar-refractivity contribution in [2.75, 3.05) is 49.6 Å². The lowest BCUT2D eigenvalue weighted by Gasteiger charge is -2.35. The highest BCUT2D eigenvalue weighted by molar-refractivity contribution is 7.90. The standard InChI is InChI=1S/C35H33F5N6O2S2/c1-21(2)34-44-31(24-6-3-5-22(30(24)40)20-50(47,48)33-25(37)7-4-8-26(33)38)32(49-34)28-11-13-41-35(43-28)42-23-9-10-29(27(39)19-23)46-17-15-45(14-12-36)16-18-46/h3-11,13,19,21H,12,14-18,20H2,1-2H3,(H,41,42,43). The lowest BCUT2D eigenvalue weighted by molar-refractivity contribution is 0.235. The van der Waals surface area contributed by atoms with Crippen LogP contribution in [-0.2, 0) is 15.6 Å². The number of alkyl halides is 1. The fourth-order valence-corrected chi connectivity index (χ4v) is 8.28. The van der Waals surface area contributed by atoms with Gasteiger partial charge in [-0.3, -0.25) is 4.90 Å². The Morgan fingerprint density at radius 1 is 0.900 bits per heavy atom. The number of hydrogen-bond donors (Lipinski definition) is 1. The van der Waals surface area contributed by atoms with Gasteiger partial charge in [-0.25, -0.2) is 45.3 Å². The molecule has 1 saturated heterocycles. The molecule has 0 radical (unpaired) electrons. The highest BCUT2D eigenvalue weighted by Gasteiger charge is 2.28. The third-order valence-corrected chi connectivity index (χ3v) is 11.3. The Hall–Kier alpha value is -4.47. The molecular weight excluding hydrogens is 696 g/mol. The summed E-state index contributed by atoms with van der Waals surface area (Å²) in [7, 11) is -4.60. The predicted molar refractivity (Wildman–Crippen MR) is 184 cm³/mol. The molecule has 0 spiro atoms. The molecule has 1 fully saturated rings. The van der Waals surface area contributed by atoms with Crippen molar-refractivity contribution in [2.45, 2.75) is 30.4 Å². The van der Waals surface area contributed by atoms with Crippen molar-refractivity contribution in [3.63, 3.8) is 0 Å². The van der Waals surface area contributed by atoms with E-state index in [1.807, 2.05) is 23.6 Å². The van der Waals surface area contributed by atoms with Crippen molar-refractivity contribution < 1.29 is 30.4 Å². The molecule has 0 bridgehead atoms. The zero-order chi connectivity index (χ0) is 35.6. The van der Waals surface area contributed by atoms with Gasteiger partial charge in [-0.05, 0) is 42.5 Å². The summed E-state index contributed by atoms with van der Waals surface area (Å²) in [6.45, 7) is 6.23. The van der Waals surface area contributed by atoms with Gasteiger partial charge in [0.05, 0.1) is 32.7 Å². The van der Waals surface area contributed by atoms with Gasteiger partial charge in [-0.15, -0.1) is 11.3 Å². The minimum Gasteiger partial charge on any atom is -0.367 e. The van der Waals surface area contributed by atoms with Crippen LogP contribution in [0.15, 0.2) is 71.8 Å². The molecule has 50 heavy (non-hydrogen) atoms. The third kappa shape index (κ3) is 7.49. The smallest absolute Gasteiger partial charge is 0.227 e. The summed E-state index contributed by atoms with van der Waals surface area (Å²) in [6, 6.07) is 13.2. The van der Waals surface area contributed by atoms with E-state index in [2.05, 4.69) is 20.3 Å². The summed E-state index contributed by atoms with van der Waals surface area (Å²) in [4.78, 5) is 16.9. The normalized spacial score (nSPS) is 14.0. The van der Waals surface area contributed by atoms with Crippen molar-refractivity contribution >= 4 is 38.5 Å². The monoisotopic (exact) mass is 728 g/mol. The molecule has 3 aromatic carbocycles. The molecule has 1 aliphatic rings. The quantitative estimate of drug-likeness (QED) is 0.138. The van der Waals surface area contributed by atoms with Gasteiger partial charge in [0.25, 0.3) is 0 Å². The maximum atomic E-state index is 16.1. The first kappa shape index (κ1) is 35.4. The van der Waals surface area contributed by atoms with Crippen LogP contribution in [-0.4, -0.2) is 67.7 Å². The molecule has 262 valence electrons. The van der Waals surface area contributed by atoms with Crippen molar-refractivity contribution in [3.8, 4) is 21.8 Å². The van der Waals surface area contributed by atoms with Gasteiger partial charge in [-0.2, -0.15) is 0 Å². The van der Waals surface area contributed by atoms with Crippen LogP contribution in [0.1, 0.15) is 30.3 Å². The number of nitrogens with one attached hydrogen (secondary N) is 1. The average Bonchev–Trinajstić information content (AvgIpc) is 3.52. The van der Waals surface area contributed by atoms with Crippen molar-refractivity contribution in [3.05, 3.63) is 101 Å². The number of sulfone groups is 1. The summed E-state index contributed by atoms with van der Waals surface area (Å²) in [5, 5.41) is 3.68. The molecule has 0 aliphatic carbocycles. The molecule has 3 heterocycles. The number of piperazine rings is 1. The van der Waals surface area contributed by atoms with Crippen LogP contribution in [0.5, 0.6) is 0 Å². The fraction of sp³-hybridized carbons (Fsp3) is 0.286. The van der Waals surface area contributed by atoms with Gasteiger partial charge in [0.2, 0.25) is 5.95 Å². The van der Waals surface area contributed by atoms with E-state index in [0.29, 0.717) is 59.7 Å². The second kappa shape index (κ2) is 14.8.